The van der Waals surface area contributed by atoms with E-state index >= 15 is 0 Å². The van der Waals surface area contributed by atoms with Gasteiger partial charge in [0.05, 0.1) is 0 Å². The zero-order chi connectivity index (χ0) is 23.1. The van der Waals surface area contributed by atoms with Crippen LogP contribution < -0.4 is 9.47 Å². The van der Waals surface area contributed by atoms with Crippen molar-refractivity contribution in [1.29, 1.82) is 0 Å². The number of benzene rings is 2. The first-order valence-electron chi connectivity index (χ1n) is 10.7. The number of esters is 1. The van der Waals surface area contributed by atoms with Crippen molar-refractivity contribution in [2.24, 2.45) is 0 Å². The summed E-state index contributed by atoms with van der Waals surface area (Å²) >= 11 is 1.18. The van der Waals surface area contributed by atoms with Gasteiger partial charge in [-0.15, -0.1) is 0 Å². The van der Waals surface area contributed by atoms with Gasteiger partial charge in [0.2, 0.25) is 0 Å². The highest BCUT2D eigenvalue weighted by Gasteiger charge is 2.25. The predicted octanol–water partition coefficient (Wildman–Crippen LogP) is 5.36. The first-order chi connectivity index (χ1) is 15.3. The normalized spacial score (nSPS) is 16.9. The molecule has 1 aliphatic heterocycles. The van der Waals surface area contributed by atoms with Crippen LogP contribution in [0.2, 0.25) is 0 Å². The summed E-state index contributed by atoms with van der Waals surface area (Å²) in [5.74, 6) is 1.83. The molecule has 0 spiro atoms. The molecule has 2 atom stereocenters. The maximum absolute atomic E-state index is 11.2. The van der Waals surface area contributed by atoms with Crippen molar-refractivity contribution in [3.8, 4) is 11.5 Å². The molecule has 32 heavy (non-hydrogen) atoms. The molecule has 0 amide bonds. The molecule has 2 aromatic rings. The first-order valence-corrected chi connectivity index (χ1v) is 11.7. The van der Waals surface area contributed by atoms with Gasteiger partial charge in [0.25, 0.3) is 0 Å². The van der Waals surface area contributed by atoms with Crippen molar-refractivity contribution in [1.82, 2.24) is 0 Å². The van der Waals surface area contributed by atoms with Crippen LogP contribution in [0.5, 0.6) is 11.5 Å². The van der Waals surface area contributed by atoms with Crippen molar-refractivity contribution in [2.45, 2.75) is 51.7 Å². The Balaban J connectivity index is 1.58. The van der Waals surface area contributed by atoms with Gasteiger partial charge in [0, 0.05) is 18.1 Å². The highest BCUT2D eigenvalue weighted by molar-refractivity contribution is 8.13. The van der Waals surface area contributed by atoms with Crippen molar-refractivity contribution in [3.05, 3.63) is 59.7 Å². The van der Waals surface area contributed by atoms with Gasteiger partial charge < -0.3 is 18.9 Å². The van der Waals surface area contributed by atoms with Gasteiger partial charge in [-0.2, -0.15) is 0 Å². The van der Waals surface area contributed by atoms with Crippen LogP contribution in [0.15, 0.2) is 48.5 Å². The Kier molecular flexibility index (Phi) is 8.07. The number of carbonyl (C=O) groups excluding carboxylic acids is 2. The van der Waals surface area contributed by atoms with Gasteiger partial charge in [-0.25, -0.2) is 4.79 Å². The number of ether oxygens (including phenoxy) is 4. The van der Waals surface area contributed by atoms with E-state index in [1.54, 1.807) is 0 Å². The Hall–Kier alpha value is -2.67. The minimum atomic E-state index is -0.296. The van der Waals surface area contributed by atoms with Crippen molar-refractivity contribution >= 4 is 23.0 Å². The number of thioether (sulfide) groups is 1. The van der Waals surface area contributed by atoms with Crippen LogP contribution in [0.1, 0.15) is 45.2 Å². The van der Waals surface area contributed by atoms with E-state index in [2.05, 4.69) is 38.1 Å². The van der Waals surface area contributed by atoms with E-state index in [0.29, 0.717) is 25.4 Å². The lowest BCUT2D eigenvalue weighted by Gasteiger charge is -2.26. The molecule has 0 aromatic heterocycles. The lowest BCUT2D eigenvalue weighted by atomic mass is 9.78. The SMILES string of the molecule is CCC(COc1ccc(C(C)(C)c2ccc(OCC3CSC(=O)O3)cc2)cc1)OC(C)=O. The smallest absolute Gasteiger partial charge is 0.367 e. The molecule has 7 heteroatoms. The third kappa shape index (κ3) is 6.42. The van der Waals surface area contributed by atoms with Crippen LogP contribution in [-0.4, -0.2) is 42.4 Å². The molecule has 0 N–H and O–H groups in total. The maximum atomic E-state index is 11.2. The summed E-state index contributed by atoms with van der Waals surface area (Å²) in [6, 6.07) is 16.0. The zero-order valence-electron chi connectivity index (χ0n) is 19.0. The van der Waals surface area contributed by atoms with E-state index in [1.165, 1.54) is 18.7 Å². The van der Waals surface area contributed by atoms with Crippen LogP contribution in [0, 0.1) is 0 Å². The lowest BCUT2D eigenvalue weighted by molar-refractivity contribution is -0.147. The number of hydrogen-bond donors (Lipinski definition) is 0. The summed E-state index contributed by atoms with van der Waals surface area (Å²) in [5.41, 5.74) is 2.10. The largest absolute Gasteiger partial charge is 0.490 e. The number of rotatable bonds is 10. The molecule has 172 valence electrons. The fourth-order valence-electron chi connectivity index (χ4n) is 3.40. The minimum Gasteiger partial charge on any atom is -0.490 e. The van der Waals surface area contributed by atoms with Crippen molar-refractivity contribution < 1.29 is 28.5 Å². The molecule has 1 heterocycles. The Morgan fingerprint density at radius 1 is 1.06 bits per heavy atom. The molecule has 6 nitrogen and oxygen atoms in total. The van der Waals surface area contributed by atoms with Crippen molar-refractivity contribution in [3.63, 3.8) is 0 Å². The van der Waals surface area contributed by atoms with E-state index in [-0.39, 0.29) is 28.9 Å². The number of hydrogen-bond acceptors (Lipinski definition) is 7. The van der Waals surface area contributed by atoms with Crippen LogP contribution in [-0.2, 0) is 19.7 Å². The third-order valence-electron chi connectivity index (χ3n) is 5.46. The molecular weight excluding hydrogens is 428 g/mol. The molecule has 2 aromatic carbocycles. The average Bonchev–Trinajstić information content (AvgIpc) is 3.20. The average molecular weight is 459 g/mol. The molecule has 0 saturated carbocycles. The zero-order valence-corrected chi connectivity index (χ0v) is 19.8. The van der Waals surface area contributed by atoms with E-state index in [9.17, 15) is 9.59 Å². The number of cyclic esters (lactones) is 1. The van der Waals surface area contributed by atoms with Gasteiger partial charge in [0.15, 0.2) is 0 Å². The molecule has 0 bridgehead atoms. The van der Waals surface area contributed by atoms with Crippen LogP contribution in [0.4, 0.5) is 4.79 Å². The van der Waals surface area contributed by atoms with Crippen LogP contribution in [0.25, 0.3) is 0 Å². The Morgan fingerprint density at radius 2 is 1.62 bits per heavy atom. The summed E-state index contributed by atoms with van der Waals surface area (Å²) in [6.07, 6.45) is 0.268. The first kappa shape index (κ1) is 24.0. The van der Waals surface area contributed by atoms with E-state index in [4.69, 9.17) is 18.9 Å². The topological polar surface area (TPSA) is 71.1 Å². The second-order valence-corrected chi connectivity index (χ2v) is 9.19. The second-order valence-electron chi connectivity index (χ2n) is 8.24. The summed E-state index contributed by atoms with van der Waals surface area (Å²) in [6.45, 7) is 8.40. The standard InChI is InChI=1S/C25H30O6S/c1-5-20(30-17(2)26)14-28-21-10-6-18(7-11-21)25(3,4)19-8-12-22(13-9-19)29-15-23-16-32-24(27)31-23/h6-13,20,23H,5,14-16H2,1-4H3. The van der Waals surface area contributed by atoms with Gasteiger partial charge in [-0.1, -0.05) is 45.0 Å². The third-order valence-corrected chi connectivity index (χ3v) is 6.33. The molecule has 1 aliphatic rings. The van der Waals surface area contributed by atoms with Gasteiger partial charge in [-0.3, -0.25) is 4.79 Å². The van der Waals surface area contributed by atoms with Gasteiger partial charge in [0.1, 0.15) is 36.9 Å². The quantitative estimate of drug-likeness (QED) is 0.444. The molecule has 2 unspecified atom stereocenters. The van der Waals surface area contributed by atoms with E-state index in [0.717, 1.165) is 22.6 Å². The highest BCUT2D eigenvalue weighted by Crippen LogP contribution is 2.33. The highest BCUT2D eigenvalue weighted by atomic mass is 32.2. The molecule has 3 rings (SSSR count). The second kappa shape index (κ2) is 10.8. The summed E-state index contributed by atoms with van der Waals surface area (Å²) in [5, 5.41) is -0.235. The fourth-order valence-corrected chi connectivity index (χ4v) is 4.09. The minimum absolute atomic E-state index is 0.189. The van der Waals surface area contributed by atoms with Crippen LogP contribution >= 0.6 is 11.8 Å². The Bertz CT molecular complexity index is 907. The van der Waals surface area contributed by atoms with Gasteiger partial charge >= 0.3 is 11.3 Å². The fraction of sp³-hybridized carbons (Fsp3) is 0.440. The molecule has 0 radical (unpaired) electrons. The van der Waals surface area contributed by atoms with Crippen LogP contribution in [0.3, 0.4) is 0 Å². The Labute approximate surface area is 193 Å². The lowest BCUT2D eigenvalue weighted by Crippen LogP contribution is -2.23. The van der Waals surface area contributed by atoms with Gasteiger partial charge in [-0.05, 0) is 53.6 Å². The molecule has 0 aliphatic carbocycles. The Morgan fingerprint density at radius 3 is 2.09 bits per heavy atom. The van der Waals surface area contributed by atoms with Crippen molar-refractivity contribution in [2.75, 3.05) is 19.0 Å². The monoisotopic (exact) mass is 458 g/mol. The number of carbonyl (C=O) groups is 2. The molecule has 1 saturated heterocycles. The van der Waals surface area contributed by atoms with E-state index in [1.807, 2.05) is 31.2 Å². The van der Waals surface area contributed by atoms with E-state index < -0.39 is 0 Å². The summed E-state index contributed by atoms with van der Waals surface area (Å²) < 4.78 is 21.9. The molecular formula is C25H30O6S. The summed E-state index contributed by atoms with van der Waals surface area (Å²) in [4.78, 5) is 22.3. The molecule has 1 fully saturated rings. The maximum Gasteiger partial charge on any atom is 0.367 e. The predicted molar refractivity (Wildman–Crippen MR) is 125 cm³/mol. The summed E-state index contributed by atoms with van der Waals surface area (Å²) in [7, 11) is 0.